The van der Waals surface area contributed by atoms with Gasteiger partial charge in [0.15, 0.2) is 0 Å². The molecule has 3 N–H and O–H groups in total. The first-order chi connectivity index (χ1) is 28.2. The molecule has 6 saturated carbocycles. The molecule has 6 fully saturated rings. The predicted octanol–water partition coefficient (Wildman–Crippen LogP) is 4.85. The van der Waals surface area contributed by atoms with Gasteiger partial charge >= 0.3 is 11.9 Å². The second-order valence-corrected chi connectivity index (χ2v) is 18.1. The molecule has 6 aliphatic rings. The summed E-state index contributed by atoms with van der Waals surface area (Å²) in [5.41, 5.74) is 0.624. The van der Waals surface area contributed by atoms with E-state index >= 15 is 0 Å². The molecule has 0 radical (unpaired) electrons. The molecular weight excluding hydrogens is 797 g/mol. The average molecular weight is 855 g/mol. The van der Waals surface area contributed by atoms with Crippen LogP contribution in [0, 0.1) is 47.3 Å². The molecule has 8 rings (SSSR count). The second-order valence-electron chi connectivity index (χ2n) is 17.2. The Morgan fingerprint density at radius 1 is 0.559 bits per heavy atom. The summed E-state index contributed by atoms with van der Waals surface area (Å²) in [5.74, 6) is -7.98. The van der Waals surface area contributed by atoms with E-state index in [-0.39, 0.29) is 23.7 Å². The van der Waals surface area contributed by atoms with Crippen molar-refractivity contribution >= 4 is 58.8 Å². The fourth-order valence-corrected chi connectivity index (χ4v) is 10.3. The van der Waals surface area contributed by atoms with Crippen LogP contribution in [0.2, 0.25) is 10.0 Å². The Kier molecular flexibility index (Phi) is 15.1. The molecule has 320 valence electrons. The summed E-state index contributed by atoms with van der Waals surface area (Å²) in [5, 5.41) is 9.70. The van der Waals surface area contributed by atoms with Crippen molar-refractivity contribution in [1.29, 1.82) is 0 Å². The maximum absolute atomic E-state index is 14.7. The lowest BCUT2D eigenvalue weighted by Gasteiger charge is -2.51. The Hall–Kier alpha value is -4.04. The number of amides is 4. The van der Waals surface area contributed by atoms with Crippen molar-refractivity contribution < 1.29 is 38.2 Å². The summed E-state index contributed by atoms with van der Waals surface area (Å²) in [6.45, 7) is 2.36. The fraction of sp³-hybridized carbons (Fsp3) is 0.591. The monoisotopic (exact) mass is 853 g/mol. The van der Waals surface area contributed by atoms with Crippen molar-refractivity contribution in [3.8, 4) is 0 Å². The highest BCUT2D eigenvalue weighted by atomic mass is 35.5. The molecule has 2 aromatic rings. The van der Waals surface area contributed by atoms with Crippen LogP contribution in [0.3, 0.4) is 0 Å². The van der Waals surface area contributed by atoms with E-state index in [9.17, 15) is 28.8 Å². The largest absolute Gasteiger partial charge is 0.458 e. The molecule has 59 heavy (non-hydrogen) atoms. The number of nitrogens with one attached hydrogen (secondary N) is 3. The topological polar surface area (TPSA) is 163 Å². The van der Waals surface area contributed by atoms with E-state index < -0.39 is 71.5 Å². The second kappa shape index (κ2) is 20.0. The van der Waals surface area contributed by atoms with Crippen LogP contribution in [0.1, 0.15) is 72.1 Å². The van der Waals surface area contributed by atoms with Gasteiger partial charge < -0.3 is 29.9 Å². The first-order valence-corrected chi connectivity index (χ1v) is 21.6. The Morgan fingerprint density at radius 2 is 0.932 bits per heavy atom. The third-order valence-electron chi connectivity index (χ3n) is 12.8. The number of carbonyl (C=O) groups excluding carboxylic acids is 6. The van der Waals surface area contributed by atoms with E-state index in [0.29, 0.717) is 85.6 Å². The number of nitrogens with zero attached hydrogens (tertiary/aromatic N) is 2. The summed E-state index contributed by atoms with van der Waals surface area (Å²) >= 11 is 12.1. The van der Waals surface area contributed by atoms with Crippen molar-refractivity contribution in [3.63, 3.8) is 0 Å². The van der Waals surface area contributed by atoms with E-state index in [1.54, 1.807) is 48.5 Å². The molecule has 4 amide bonds. The lowest BCUT2D eigenvalue weighted by Crippen LogP contribution is -2.61. The van der Waals surface area contributed by atoms with Crippen LogP contribution >= 0.6 is 23.2 Å². The molecule has 10 unspecified atom stereocenters. The van der Waals surface area contributed by atoms with E-state index in [1.165, 1.54) is 0 Å². The molecule has 4 bridgehead atoms. The molecule has 0 saturated heterocycles. The molecule has 2 aromatic carbocycles. The van der Waals surface area contributed by atoms with E-state index in [4.69, 9.17) is 32.7 Å². The Balaban J connectivity index is 1.24. The number of imide groups is 1. The van der Waals surface area contributed by atoms with E-state index in [2.05, 4.69) is 16.0 Å². The Morgan fingerprint density at radius 3 is 1.29 bits per heavy atom. The number of halogens is 2. The van der Waals surface area contributed by atoms with E-state index in [0.717, 1.165) is 13.1 Å². The number of fused-ring (bicyclic) bond motifs is 6. The van der Waals surface area contributed by atoms with Gasteiger partial charge in [0.1, 0.15) is 12.2 Å². The molecule has 13 nitrogen and oxygen atoms in total. The third-order valence-corrected chi connectivity index (χ3v) is 13.3. The van der Waals surface area contributed by atoms with Crippen LogP contribution in [-0.4, -0.2) is 112 Å². The zero-order valence-electron chi connectivity index (χ0n) is 34.3. The SMILES string of the molecule is CN(C)CCCNC(=O)C1C2CCC(C(OC(=O)c3ccc(Cl)cc3)C2)C1C(=O)NC(=O)C1C2CCC(CC2OC(=O)c2ccc(Cl)cc2)C1C(=O)NCCCN(C)C. The van der Waals surface area contributed by atoms with Gasteiger partial charge in [0.25, 0.3) is 0 Å². The van der Waals surface area contributed by atoms with Crippen LogP contribution in [-0.2, 0) is 28.7 Å². The normalized spacial score (nSPS) is 28.2. The van der Waals surface area contributed by atoms with Gasteiger partial charge in [-0.3, -0.25) is 24.5 Å². The van der Waals surface area contributed by atoms with Gasteiger partial charge in [-0.15, -0.1) is 0 Å². The first-order valence-electron chi connectivity index (χ1n) is 20.8. The number of benzene rings is 2. The van der Waals surface area contributed by atoms with Crippen molar-refractivity contribution in [2.24, 2.45) is 47.3 Å². The molecule has 6 aliphatic carbocycles. The van der Waals surface area contributed by atoms with Crippen LogP contribution in [0.15, 0.2) is 48.5 Å². The van der Waals surface area contributed by atoms with Crippen LogP contribution in [0.4, 0.5) is 0 Å². The summed E-state index contributed by atoms with van der Waals surface area (Å²) in [6, 6.07) is 12.7. The van der Waals surface area contributed by atoms with Crippen molar-refractivity contribution in [2.75, 3.05) is 54.4 Å². The van der Waals surface area contributed by atoms with Crippen LogP contribution in [0.5, 0.6) is 0 Å². The average Bonchev–Trinajstić information content (AvgIpc) is 3.21. The molecule has 0 aliphatic heterocycles. The zero-order valence-corrected chi connectivity index (χ0v) is 35.8. The van der Waals surface area contributed by atoms with E-state index in [1.807, 2.05) is 38.0 Å². The summed E-state index contributed by atoms with van der Waals surface area (Å²) in [4.78, 5) is 88.0. The standard InChI is InChI=1S/C44H57Cl2N5O8/c1-50(2)21-5-19-47-39(52)35-27-11-17-31(33(23-27)58-43(56)25-7-13-29(45)14-8-25)37(35)41(54)49-42(55)38-32-18-12-28(36(38)40(53)48-20-6-22-51(3)4)24-34(32)59-44(57)26-9-15-30(46)16-10-26/h7-10,13-16,27-28,31-38H,5-6,11-12,17-24H2,1-4H3,(H,47,52)(H,48,53)(H,49,54,55). The summed E-state index contributed by atoms with van der Waals surface area (Å²) in [7, 11) is 7.81. The lowest BCUT2D eigenvalue weighted by atomic mass is 9.56. The number of hydrogen-bond acceptors (Lipinski definition) is 10. The van der Waals surface area contributed by atoms with Gasteiger partial charge in [0, 0.05) is 35.0 Å². The fourth-order valence-electron chi connectivity index (χ4n) is 10.0. The van der Waals surface area contributed by atoms with Gasteiger partial charge in [0.2, 0.25) is 23.6 Å². The van der Waals surface area contributed by atoms with Crippen molar-refractivity contribution in [2.45, 2.75) is 63.6 Å². The summed E-state index contributed by atoms with van der Waals surface area (Å²) < 4.78 is 12.1. The molecule has 0 aromatic heterocycles. The molecule has 0 heterocycles. The van der Waals surface area contributed by atoms with Gasteiger partial charge in [0.05, 0.1) is 34.8 Å². The lowest BCUT2D eigenvalue weighted by molar-refractivity contribution is -0.162. The van der Waals surface area contributed by atoms with Crippen LogP contribution < -0.4 is 16.0 Å². The maximum Gasteiger partial charge on any atom is 0.338 e. The highest BCUT2D eigenvalue weighted by Gasteiger charge is 2.58. The first kappa shape index (κ1) is 44.5. The Labute approximate surface area is 356 Å². The summed E-state index contributed by atoms with van der Waals surface area (Å²) in [6.07, 6.45) is 3.27. The van der Waals surface area contributed by atoms with Gasteiger partial charge in [-0.05, 0) is 153 Å². The number of carbonyl (C=O) groups is 6. The number of hydrogen-bond donors (Lipinski definition) is 3. The number of rotatable bonds is 16. The minimum atomic E-state index is -0.971. The molecule has 10 atom stereocenters. The highest BCUT2D eigenvalue weighted by molar-refractivity contribution is 6.31. The van der Waals surface area contributed by atoms with Crippen LogP contribution in [0.25, 0.3) is 0 Å². The quantitative estimate of drug-likeness (QED) is 0.121. The zero-order chi connectivity index (χ0) is 42.4. The molecule has 15 heteroatoms. The predicted molar refractivity (Wildman–Crippen MR) is 222 cm³/mol. The van der Waals surface area contributed by atoms with Gasteiger partial charge in [-0.25, -0.2) is 9.59 Å². The highest BCUT2D eigenvalue weighted by Crippen LogP contribution is 2.52. The molecular formula is C44H57Cl2N5O8. The maximum atomic E-state index is 14.7. The smallest absolute Gasteiger partial charge is 0.338 e. The van der Waals surface area contributed by atoms with Crippen molar-refractivity contribution in [3.05, 3.63) is 69.7 Å². The van der Waals surface area contributed by atoms with Crippen molar-refractivity contribution in [1.82, 2.24) is 25.8 Å². The van der Waals surface area contributed by atoms with Gasteiger partial charge in [-0.2, -0.15) is 0 Å². The Bertz CT molecular complexity index is 1710. The minimum absolute atomic E-state index is 0.269. The number of ether oxygens (including phenoxy) is 2. The number of esters is 2. The molecule has 0 spiro atoms. The van der Waals surface area contributed by atoms with Gasteiger partial charge in [-0.1, -0.05) is 23.2 Å². The minimum Gasteiger partial charge on any atom is -0.458 e. The third kappa shape index (κ3) is 10.8.